The van der Waals surface area contributed by atoms with E-state index in [0.29, 0.717) is 17.6 Å². The zero-order valence-electron chi connectivity index (χ0n) is 12.6. The van der Waals surface area contributed by atoms with Crippen LogP contribution in [0.4, 0.5) is 0 Å². The first kappa shape index (κ1) is 16.0. The van der Waals surface area contributed by atoms with E-state index in [1.54, 1.807) is 37.2 Å². The Kier molecular flexibility index (Phi) is 5.16. The van der Waals surface area contributed by atoms with E-state index in [0.717, 1.165) is 16.8 Å². The summed E-state index contributed by atoms with van der Waals surface area (Å²) in [6, 6.07) is 3.59. The minimum absolute atomic E-state index is 0.213. The van der Waals surface area contributed by atoms with Gasteiger partial charge in [-0.1, -0.05) is 17.7 Å². The lowest BCUT2D eigenvalue weighted by molar-refractivity contribution is -0.116. The molecule has 0 radical (unpaired) electrons. The monoisotopic (exact) mass is 320 g/mol. The van der Waals surface area contributed by atoms with Gasteiger partial charge in [-0.25, -0.2) is 4.98 Å². The van der Waals surface area contributed by atoms with Crippen LogP contribution in [0.5, 0.6) is 5.88 Å². The second-order valence-corrected chi connectivity index (χ2v) is 5.03. The summed E-state index contributed by atoms with van der Waals surface area (Å²) in [4.78, 5) is 15.9. The van der Waals surface area contributed by atoms with Crippen LogP contribution in [0.15, 0.2) is 24.4 Å². The number of nitrogens with zero attached hydrogens (tertiary/aromatic N) is 3. The van der Waals surface area contributed by atoms with Gasteiger partial charge in [0.15, 0.2) is 0 Å². The second-order valence-electron chi connectivity index (χ2n) is 4.67. The summed E-state index contributed by atoms with van der Waals surface area (Å²) in [5.41, 5.74) is 2.40. The molecule has 2 aromatic heterocycles. The SMILES string of the molecule is COc1ccc(CNC(=O)/C=C/c2c(C)nn(C)c2Cl)cn1. The molecule has 0 saturated heterocycles. The Morgan fingerprint density at radius 1 is 1.50 bits per heavy atom. The van der Waals surface area contributed by atoms with E-state index >= 15 is 0 Å². The fourth-order valence-corrected chi connectivity index (χ4v) is 2.12. The molecule has 0 aromatic carbocycles. The predicted octanol–water partition coefficient (Wildman–Crippen LogP) is 2.12. The molecule has 0 spiro atoms. The zero-order chi connectivity index (χ0) is 16.1. The number of aryl methyl sites for hydroxylation is 2. The molecule has 0 atom stereocenters. The van der Waals surface area contributed by atoms with Crippen molar-refractivity contribution in [1.29, 1.82) is 0 Å². The molecule has 2 aromatic rings. The molecule has 7 heteroatoms. The van der Waals surface area contributed by atoms with Crippen LogP contribution in [0.3, 0.4) is 0 Å². The first-order chi connectivity index (χ1) is 10.5. The van der Waals surface area contributed by atoms with Crippen molar-refractivity contribution in [3.8, 4) is 5.88 Å². The van der Waals surface area contributed by atoms with Crippen LogP contribution in [0, 0.1) is 6.92 Å². The number of hydrogen-bond acceptors (Lipinski definition) is 4. The number of carbonyl (C=O) groups excluding carboxylic acids is 1. The maximum atomic E-state index is 11.8. The number of aromatic nitrogens is 3. The number of methoxy groups -OCH3 is 1. The van der Waals surface area contributed by atoms with E-state index in [1.165, 1.54) is 6.08 Å². The van der Waals surface area contributed by atoms with E-state index in [-0.39, 0.29) is 5.91 Å². The summed E-state index contributed by atoms with van der Waals surface area (Å²) in [5, 5.41) is 7.46. The standard InChI is InChI=1S/C15H17ClN4O2/c1-10-12(15(16)20(2)19-10)5-6-13(21)17-8-11-4-7-14(22-3)18-9-11/h4-7,9H,8H2,1-3H3,(H,17,21)/b6-5+. The van der Waals surface area contributed by atoms with Crippen molar-refractivity contribution in [3.05, 3.63) is 46.4 Å². The smallest absolute Gasteiger partial charge is 0.244 e. The highest BCUT2D eigenvalue weighted by atomic mass is 35.5. The van der Waals surface area contributed by atoms with Crippen molar-refractivity contribution in [2.75, 3.05) is 7.11 Å². The van der Waals surface area contributed by atoms with Gasteiger partial charge in [-0.05, 0) is 18.6 Å². The predicted molar refractivity (Wildman–Crippen MR) is 84.6 cm³/mol. The highest BCUT2D eigenvalue weighted by molar-refractivity contribution is 6.31. The first-order valence-corrected chi connectivity index (χ1v) is 7.03. The van der Waals surface area contributed by atoms with Crippen LogP contribution in [-0.2, 0) is 18.4 Å². The summed E-state index contributed by atoms with van der Waals surface area (Å²) in [5.74, 6) is 0.326. The van der Waals surface area contributed by atoms with Crippen molar-refractivity contribution < 1.29 is 9.53 Å². The summed E-state index contributed by atoms with van der Waals surface area (Å²) >= 11 is 6.10. The lowest BCUT2D eigenvalue weighted by Gasteiger charge is -2.03. The highest BCUT2D eigenvalue weighted by Crippen LogP contribution is 2.19. The van der Waals surface area contributed by atoms with Gasteiger partial charge in [-0.3, -0.25) is 9.48 Å². The van der Waals surface area contributed by atoms with Gasteiger partial charge >= 0.3 is 0 Å². The van der Waals surface area contributed by atoms with Gasteiger partial charge in [0.25, 0.3) is 0 Å². The summed E-state index contributed by atoms with van der Waals surface area (Å²) in [6.07, 6.45) is 4.75. The van der Waals surface area contributed by atoms with Crippen LogP contribution >= 0.6 is 11.6 Å². The molecule has 0 fully saturated rings. The molecule has 0 saturated carbocycles. The molecule has 0 aliphatic heterocycles. The number of pyridine rings is 1. The molecule has 22 heavy (non-hydrogen) atoms. The Morgan fingerprint density at radius 2 is 2.27 bits per heavy atom. The van der Waals surface area contributed by atoms with Gasteiger partial charge in [-0.2, -0.15) is 5.10 Å². The van der Waals surface area contributed by atoms with E-state index < -0.39 is 0 Å². The number of rotatable bonds is 5. The third-order valence-corrected chi connectivity index (χ3v) is 3.52. The largest absolute Gasteiger partial charge is 0.481 e. The van der Waals surface area contributed by atoms with Crippen LogP contribution in [0.2, 0.25) is 5.15 Å². The number of halogens is 1. The van der Waals surface area contributed by atoms with Crippen molar-refractivity contribution >= 4 is 23.6 Å². The van der Waals surface area contributed by atoms with Crippen LogP contribution in [0.1, 0.15) is 16.8 Å². The average molecular weight is 321 g/mol. The average Bonchev–Trinajstić information content (AvgIpc) is 2.76. The zero-order valence-corrected chi connectivity index (χ0v) is 13.4. The van der Waals surface area contributed by atoms with E-state index in [2.05, 4.69) is 15.4 Å². The van der Waals surface area contributed by atoms with Crippen LogP contribution in [0.25, 0.3) is 6.08 Å². The molecule has 116 valence electrons. The molecule has 0 bridgehead atoms. The number of hydrogen-bond donors (Lipinski definition) is 1. The number of nitrogens with one attached hydrogen (secondary N) is 1. The molecule has 2 heterocycles. The summed E-state index contributed by atoms with van der Waals surface area (Å²) < 4.78 is 6.54. The third kappa shape index (κ3) is 3.85. The molecule has 0 aliphatic rings. The highest BCUT2D eigenvalue weighted by Gasteiger charge is 2.08. The normalized spacial score (nSPS) is 10.9. The molecule has 1 amide bonds. The molecule has 0 aliphatic carbocycles. The van der Waals surface area contributed by atoms with Gasteiger partial charge < -0.3 is 10.1 Å². The van der Waals surface area contributed by atoms with Gasteiger partial charge in [0.2, 0.25) is 11.8 Å². The molecule has 6 nitrogen and oxygen atoms in total. The van der Waals surface area contributed by atoms with Gasteiger partial charge in [-0.15, -0.1) is 0 Å². The van der Waals surface area contributed by atoms with E-state index in [1.807, 2.05) is 13.0 Å². The summed E-state index contributed by atoms with van der Waals surface area (Å²) in [7, 11) is 3.31. The quantitative estimate of drug-likeness (QED) is 0.857. The Balaban J connectivity index is 1.93. The van der Waals surface area contributed by atoms with Gasteiger partial charge in [0, 0.05) is 37.5 Å². The fraction of sp³-hybridized carbons (Fsp3) is 0.267. The molecule has 0 unspecified atom stereocenters. The number of carbonyl (C=O) groups is 1. The Bertz CT molecular complexity index is 692. The van der Waals surface area contributed by atoms with Crippen LogP contribution in [-0.4, -0.2) is 27.8 Å². The number of amides is 1. The lowest BCUT2D eigenvalue weighted by atomic mass is 10.2. The maximum absolute atomic E-state index is 11.8. The Labute approximate surface area is 133 Å². The first-order valence-electron chi connectivity index (χ1n) is 6.65. The molecule has 1 N–H and O–H groups in total. The van der Waals surface area contributed by atoms with Crippen molar-refractivity contribution in [2.24, 2.45) is 7.05 Å². The van der Waals surface area contributed by atoms with Gasteiger partial charge in [0.1, 0.15) is 5.15 Å². The lowest BCUT2D eigenvalue weighted by Crippen LogP contribution is -2.20. The van der Waals surface area contributed by atoms with Crippen molar-refractivity contribution in [3.63, 3.8) is 0 Å². The number of ether oxygens (including phenoxy) is 1. The minimum atomic E-state index is -0.213. The second kappa shape index (κ2) is 7.09. The Hall–Kier alpha value is -2.34. The Morgan fingerprint density at radius 3 is 2.82 bits per heavy atom. The van der Waals surface area contributed by atoms with Crippen LogP contribution < -0.4 is 10.1 Å². The van der Waals surface area contributed by atoms with E-state index in [4.69, 9.17) is 16.3 Å². The summed E-state index contributed by atoms with van der Waals surface area (Å²) in [6.45, 7) is 2.23. The molecular formula is C15H17ClN4O2. The van der Waals surface area contributed by atoms with Crippen molar-refractivity contribution in [2.45, 2.75) is 13.5 Å². The van der Waals surface area contributed by atoms with E-state index in [9.17, 15) is 4.79 Å². The topological polar surface area (TPSA) is 69.0 Å². The fourth-order valence-electron chi connectivity index (χ4n) is 1.88. The molecular weight excluding hydrogens is 304 g/mol. The third-order valence-electron chi connectivity index (χ3n) is 3.07. The molecule has 2 rings (SSSR count). The maximum Gasteiger partial charge on any atom is 0.244 e. The van der Waals surface area contributed by atoms with Gasteiger partial charge in [0.05, 0.1) is 12.8 Å². The van der Waals surface area contributed by atoms with Crippen molar-refractivity contribution in [1.82, 2.24) is 20.1 Å². The minimum Gasteiger partial charge on any atom is -0.481 e.